The number of likely N-dealkylation sites (tertiary alicyclic amines) is 1. The molecule has 28 heavy (non-hydrogen) atoms. The monoisotopic (exact) mass is 379 g/mol. The Morgan fingerprint density at radius 3 is 2.82 bits per heavy atom. The fraction of sp³-hybridized carbons (Fsp3) is 0.273. The van der Waals surface area contributed by atoms with Gasteiger partial charge >= 0.3 is 0 Å². The first kappa shape index (κ1) is 18.2. The average Bonchev–Trinajstić information content (AvgIpc) is 3.25. The lowest BCUT2D eigenvalue weighted by molar-refractivity contribution is -0.128. The second-order valence-electron chi connectivity index (χ2n) is 7.35. The van der Waals surface area contributed by atoms with E-state index in [1.807, 2.05) is 37.4 Å². The maximum Gasteiger partial charge on any atom is 0.229 e. The average molecular weight is 379 g/mol. The van der Waals surface area contributed by atoms with E-state index >= 15 is 0 Å². The summed E-state index contributed by atoms with van der Waals surface area (Å²) in [7, 11) is 0. The molecule has 1 aliphatic rings. The van der Waals surface area contributed by atoms with E-state index in [-0.39, 0.29) is 30.0 Å². The predicted molar refractivity (Wildman–Crippen MR) is 106 cm³/mol. The van der Waals surface area contributed by atoms with Gasteiger partial charge in [-0.1, -0.05) is 17.7 Å². The second kappa shape index (κ2) is 7.46. The van der Waals surface area contributed by atoms with Gasteiger partial charge in [0.2, 0.25) is 11.8 Å². The number of halogens is 1. The van der Waals surface area contributed by atoms with Crippen molar-refractivity contribution in [1.82, 2.24) is 9.88 Å². The van der Waals surface area contributed by atoms with Gasteiger partial charge in [-0.2, -0.15) is 0 Å². The van der Waals surface area contributed by atoms with Gasteiger partial charge in [0.25, 0.3) is 0 Å². The topological polar surface area (TPSA) is 65.2 Å². The Morgan fingerprint density at radius 2 is 2.04 bits per heavy atom. The minimum atomic E-state index is -0.353. The van der Waals surface area contributed by atoms with Crippen molar-refractivity contribution < 1.29 is 14.0 Å². The van der Waals surface area contributed by atoms with Crippen LogP contribution in [0.15, 0.2) is 48.7 Å². The highest BCUT2D eigenvalue weighted by Gasteiger charge is 2.34. The van der Waals surface area contributed by atoms with E-state index < -0.39 is 0 Å². The number of aromatic nitrogens is 1. The highest BCUT2D eigenvalue weighted by atomic mass is 19.1. The van der Waals surface area contributed by atoms with Crippen LogP contribution in [0.25, 0.3) is 10.9 Å². The number of carbonyl (C=O) groups is 2. The minimum Gasteiger partial charge on any atom is -0.361 e. The van der Waals surface area contributed by atoms with Crippen molar-refractivity contribution in [3.8, 4) is 0 Å². The molecule has 5 nitrogen and oxygen atoms in total. The summed E-state index contributed by atoms with van der Waals surface area (Å²) in [5, 5.41) is 3.72. The van der Waals surface area contributed by atoms with E-state index in [2.05, 4.69) is 10.3 Å². The molecule has 144 valence electrons. The quantitative estimate of drug-likeness (QED) is 0.711. The standard InChI is InChI=1S/C22H22FN3O2/c1-14-2-5-18(6-3-14)25-22(28)16-10-21(27)26(13-16)9-8-15-12-24-20-7-4-17(23)11-19(15)20/h2-7,11-12,16,24H,8-10,13H2,1H3,(H,25,28). The number of nitrogens with one attached hydrogen (secondary N) is 2. The van der Waals surface area contributed by atoms with Crippen molar-refractivity contribution in [1.29, 1.82) is 0 Å². The third-order valence-corrected chi connectivity index (χ3v) is 5.28. The van der Waals surface area contributed by atoms with Crippen molar-refractivity contribution in [3.63, 3.8) is 0 Å². The summed E-state index contributed by atoms with van der Waals surface area (Å²) in [5.74, 6) is -0.781. The Morgan fingerprint density at radius 1 is 1.25 bits per heavy atom. The molecule has 1 saturated heterocycles. The number of amides is 2. The van der Waals surface area contributed by atoms with E-state index in [4.69, 9.17) is 0 Å². The smallest absolute Gasteiger partial charge is 0.229 e. The zero-order chi connectivity index (χ0) is 19.7. The Labute approximate surface area is 162 Å². The molecule has 2 heterocycles. The molecule has 1 unspecified atom stereocenters. The van der Waals surface area contributed by atoms with Gasteiger partial charge in [0.1, 0.15) is 5.82 Å². The van der Waals surface area contributed by atoms with Gasteiger partial charge in [0, 0.05) is 42.3 Å². The molecule has 1 fully saturated rings. The first-order valence-electron chi connectivity index (χ1n) is 9.40. The van der Waals surface area contributed by atoms with Gasteiger partial charge in [-0.25, -0.2) is 4.39 Å². The molecule has 0 spiro atoms. The number of H-pyrrole nitrogens is 1. The minimum absolute atomic E-state index is 0.0184. The van der Waals surface area contributed by atoms with Crippen LogP contribution < -0.4 is 5.32 Å². The number of nitrogens with zero attached hydrogens (tertiary/aromatic N) is 1. The molecule has 1 aliphatic heterocycles. The number of aryl methyl sites for hydroxylation is 1. The summed E-state index contributed by atoms with van der Waals surface area (Å²) in [6.07, 6.45) is 2.69. The predicted octanol–water partition coefficient (Wildman–Crippen LogP) is 3.65. The number of aromatic amines is 1. The number of benzene rings is 2. The summed E-state index contributed by atoms with van der Waals surface area (Å²) in [5.41, 5.74) is 3.70. The van der Waals surface area contributed by atoms with Crippen LogP contribution in [-0.4, -0.2) is 34.8 Å². The first-order chi connectivity index (χ1) is 13.5. The molecule has 4 rings (SSSR count). The molecule has 6 heteroatoms. The third-order valence-electron chi connectivity index (χ3n) is 5.28. The van der Waals surface area contributed by atoms with Crippen LogP contribution >= 0.6 is 0 Å². The molecular formula is C22H22FN3O2. The van der Waals surface area contributed by atoms with Crippen LogP contribution in [0.1, 0.15) is 17.5 Å². The number of hydrogen-bond acceptors (Lipinski definition) is 2. The van der Waals surface area contributed by atoms with Gasteiger partial charge in [-0.05, 0) is 49.2 Å². The van der Waals surface area contributed by atoms with Crippen LogP contribution in [0.3, 0.4) is 0 Å². The molecule has 2 N–H and O–H groups in total. The maximum atomic E-state index is 13.5. The van der Waals surface area contributed by atoms with E-state index in [0.29, 0.717) is 19.5 Å². The molecule has 0 radical (unpaired) electrons. The Kier molecular flexibility index (Phi) is 4.86. The van der Waals surface area contributed by atoms with Gasteiger partial charge in [0.15, 0.2) is 0 Å². The number of hydrogen-bond donors (Lipinski definition) is 2. The van der Waals surface area contributed by atoms with Gasteiger partial charge in [-0.3, -0.25) is 9.59 Å². The lowest BCUT2D eigenvalue weighted by Gasteiger charge is -2.16. The molecule has 0 aliphatic carbocycles. The van der Waals surface area contributed by atoms with E-state index in [1.54, 1.807) is 11.0 Å². The number of carbonyl (C=O) groups excluding carboxylic acids is 2. The van der Waals surface area contributed by atoms with Crippen molar-refractivity contribution in [2.75, 3.05) is 18.4 Å². The number of fused-ring (bicyclic) bond motifs is 1. The van der Waals surface area contributed by atoms with Crippen LogP contribution in [0.4, 0.5) is 10.1 Å². The van der Waals surface area contributed by atoms with E-state index in [0.717, 1.165) is 27.7 Å². The zero-order valence-electron chi connectivity index (χ0n) is 15.7. The summed E-state index contributed by atoms with van der Waals surface area (Å²) >= 11 is 0. The summed E-state index contributed by atoms with van der Waals surface area (Å²) < 4.78 is 13.5. The van der Waals surface area contributed by atoms with Crippen molar-refractivity contribution in [2.45, 2.75) is 19.8 Å². The largest absolute Gasteiger partial charge is 0.361 e. The lowest BCUT2D eigenvalue weighted by Crippen LogP contribution is -2.30. The van der Waals surface area contributed by atoms with Gasteiger partial charge < -0.3 is 15.2 Å². The summed E-state index contributed by atoms with van der Waals surface area (Å²) in [6, 6.07) is 12.2. The molecule has 1 atom stereocenters. The van der Waals surface area contributed by atoms with Crippen molar-refractivity contribution in [2.24, 2.45) is 5.92 Å². The highest BCUT2D eigenvalue weighted by Crippen LogP contribution is 2.23. The molecular weight excluding hydrogens is 357 g/mol. The van der Waals surface area contributed by atoms with Gasteiger partial charge in [-0.15, -0.1) is 0 Å². The molecule has 0 saturated carbocycles. The second-order valence-corrected chi connectivity index (χ2v) is 7.35. The normalized spacial score (nSPS) is 16.7. The van der Waals surface area contributed by atoms with Crippen LogP contribution in [0.5, 0.6) is 0 Å². The molecule has 3 aromatic rings. The van der Waals surface area contributed by atoms with Crippen LogP contribution in [-0.2, 0) is 16.0 Å². The van der Waals surface area contributed by atoms with Gasteiger partial charge in [0.05, 0.1) is 5.92 Å². The Hall–Kier alpha value is -3.15. The lowest BCUT2D eigenvalue weighted by atomic mass is 10.1. The third kappa shape index (κ3) is 3.76. The first-order valence-corrected chi connectivity index (χ1v) is 9.40. The Bertz CT molecular complexity index is 1030. The van der Waals surface area contributed by atoms with Crippen LogP contribution in [0.2, 0.25) is 0 Å². The molecule has 2 amide bonds. The van der Waals surface area contributed by atoms with E-state index in [9.17, 15) is 14.0 Å². The number of anilines is 1. The maximum absolute atomic E-state index is 13.5. The molecule has 1 aromatic heterocycles. The fourth-order valence-electron chi connectivity index (χ4n) is 3.66. The van der Waals surface area contributed by atoms with Crippen molar-refractivity contribution in [3.05, 3.63) is 65.6 Å². The highest BCUT2D eigenvalue weighted by molar-refractivity contribution is 5.97. The van der Waals surface area contributed by atoms with Crippen LogP contribution in [0, 0.1) is 18.7 Å². The zero-order valence-corrected chi connectivity index (χ0v) is 15.7. The number of rotatable bonds is 5. The van der Waals surface area contributed by atoms with E-state index in [1.165, 1.54) is 12.1 Å². The molecule has 0 bridgehead atoms. The fourth-order valence-corrected chi connectivity index (χ4v) is 3.66. The summed E-state index contributed by atoms with van der Waals surface area (Å²) in [4.78, 5) is 29.7. The Balaban J connectivity index is 1.37. The summed E-state index contributed by atoms with van der Waals surface area (Å²) in [6.45, 7) is 2.91. The molecule has 2 aromatic carbocycles. The van der Waals surface area contributed by atoms with Crippen molar-refractivity contribution >= 4 is 28.4 Å². The SMILES string of the molecule is Cc1ccc(NC(=O)C2CC(=O)N(CCc3c[nH]c4ccc(F)cc34)C2)cc1.